The summed E-state index contributed by atoms with van der Waals surface area (Å²) in [6, 6.07) is 6.91. The van der Waals surface area contributed by atoms with Crippen molar-refractivity contribution >= 4 is 27.3 Å². The van der Waals surface area contributed by atoms with E-state index < -0.39 is 10.0 Å². The van der Waals surface area contributed by atoms with Gasteiger partial charge in [-0.15, -0.1) is 11.6 Å². The van der Waals surface area contributed by atoms with Gasteiger partial charge in [-0.25, -0.2) is 8.42 Å². The molecule has 0 N–H and O–H groups in total. The van der Waals surface area contributed by atoms with Crippen LogP contribution in [0.2, 0.25) is 0 Å². The van der Waals surface area contributed by atoms with E-state index in [9.17, 15) is 8.42 Å². The standard InChI is InChI=1S/C12H18ClNO3S/c1-14(18(15,16)10-4-3-9-13)11-5-7-12(17-2)8-6-11/h5-8H,3-4,9-10H2,1-2H3. The second-order valence-corrected chi connectivity index (χ2v) is 6.38. The number of anilines is 1. The summed E-state index contributed by atoms with van der Waals surface area (Å²) < 4.78 is 30.3. The Morgan fingerprint density at radius 1 is 1.22 bits per heavy atom. The van der Waals surface area contributed by atoms with Gasteiger partial charge >= 0.3 is 0 Å². The zero-order valence-electron chi connectivity index (χ0n) is 10.6. The number of rotatable bonds is 7. The maximum atomic E-state index is 12.0. The third-order valence-corrected chi connectivity index (χ3v) is 4.76. The fourth-order valence-corrected chi connectivity index (χ4v) is 2.94. The molecule has 0 aliphatic carbocycles. The van der Waals surface area contributed by atoms with E-state index in [4.69, 9.17) is 16.3 Å². The average Bonchev–Trinajstić information content (AvgIpc) is 2.38. The molecular formula is C12H18ClNO3S. The Bertz CT molecular complexity index is 459. The highest BCUT2D eigenvalue weighted by molar-refractivity contribution is 7.92. The smallest absolute Gasteiger partial charge is 0.234 e. The van der Waals surface area contributed by atoms with Gasteiger partial charge in [0.05, 0.1) is 18.6 Å². The lowest BCUT2D eigenvalue weighted by molar-refractivity contribution is 0.415. The van der Waals surface area contributed by atoms with Crippen molar-refractivity contribution in [1.29, 1.82) is 0 Å². The van der Waals surface area contributed by atoms with Crippen LogP contribution in [0.1, 0.15) is 12.8 Å². The van der Waals surface area contributed by atoms with Crippen molar-refractivity contribution in [3.63, 3.8) is 0 Å². The predicted molar refractivity (Wildman–Crippen MR) is 75.1 cm³/mol. The molecule has 0 aromatic heterocycles. The molecule has 1 aromatic carbocycles. The van der Waals surface area contributed by atoms with Gasteiger partial charge in [-0.2, -0.15) is 0 Å². The summed E-state index contributed by atoms with van der Waals surface area (Å²) in [6.45, 7) is 0. The molecule has 0 fully saturated rings. The minimum absolute atomic E-state index is 0.113. The Morgan fingerprint density at radius 2 is 1.83 bits per heavy atom. The minimum atomic E-state index is -3.27. The highest BCUT2D eigenvalue weighted by atomic mass is 35.5. The molecule has 0 aliphatic rings. The number of hydrogen-bond donors (Lipinski definition) is 0. The van der Waals surface area contributed by atoms with Crippen LogP contribution in [0.3, 0.4) is 0 Å². The lowest BCUT2D eigenvalue weighted by Gasteiger charge is -2.19. The molecule has 1 rings (SSSR count). The van der Waals surface area contributed by atoms with Crippen molar-refractivity contribution in [3.05, 3.63) is 24.3 Å². The SMILES string of the molecule is COc1ccc(N(C)S(=O)(=O)CCCCCl)cc1. The molecule has 0 atom stereocenters. The lowest BCUT2D eigenvalue weighted by atomic mass is 10.3. The van der Waals surface area contributed by atoms with Crippen molar-refractivity contribution in [3.8, 4) is 5.75 Å². The number of halogens is 1. The Kier molecular flexibility index (Phi) is 5.75. The monoisotopic (exact) mass is 291 g/mol. The van der Waals surface area contributed by atoms with Crippen molar-refractivity contribution in [2.75, 3.05) is 30.1 Å². The molecule has 4 nitrogen and oxygen atoms in total. The molecule has 6 heteroatoms. The van der Waals surface area contributed by atoms with Gasteiger partial charge in [0.1, 0.15) is 5.75 Å². The number of methoxy groups -OCH3 is 1. The first-order valence-electron chi connectivity index (χ1n) is 5.68. The van der Waals surface area contributed by atoms with E-state index in [2.05, 4.69) is 0 Å². The van der Waals surface area contributed by atoms with Crippen molar-refractivity contribution in [2.24, 2.45) is 0 Å². The van der Waals surface area contributed by atoms with Crippen LogP contribution in [-0.4, -0.2) is 34.2 Å². The highest BCUT2D eigenvalue weighted by Crippen LogP contribution is 2.20. The zero-order chi connectivity index (χ0) is 13.6. The Labute approximate surface area is 114 Å². The van der Waals surface area contributed by atoms with Gasteiger partial charge in [0.25, 0.3) is 0 Å². The molecule has 0 amide bonds. The van der Waals surface area contributed by atoms with E-state index in [0.29, 0.717) is 30.2 Å². The largest absolute Gasteiger partial charge is 0.497 e. The number of ether oxygens (including phenoxy) is 1. The normalized spacial score (nSPS) is 11.3. The summed E-state index contributed by atoms with van der Waals surface area (Å²) in [7, 11) is -0.147. The van der Waals surface area contributed by atoms with Crippen LogP contribution in [0.25, 0.3) is 0 Å². The third-order valence-electron chi connectivity index (χ3n) is 2.64. The quantitative estimate of drug-likeness (QED) is 0.573. The lowest BCUT2D eigenvalue weighted by Crippen LogP contribution is -2.29. The zero-order valence-corrected chi connectivity index (χ0v) is 12.2. The fraction of sp³-hybridized carbons (Fsp3) is 0.500. The Hall–Kier alpha value is -0.940. The second kappa shape index (κ2) is 6.85. The number of unbranched alkanes of at least 4 members (excludes halogenated alkanes) is 1. The summed E-state index contributed by atoms with van der Waals surface area (Å²) in [5, 5.41) is 0. The molecule has 0 saturated heterocycles. The van der Waals surface area contributed by atoms with Gasteiger partial charge in [0, 0.05) is 12.9 Å². The van der Waals surface area contributed by atoms with E-state index in [0.717, 1.165) is 0 Å². The number of alkyl halides is 1. The number of hydrogen-bond acceptors (Lipinski definition) is 3. The first kappa shape index (κ1) is 15.1. The van der Waals surface area contributed by atoms with Crippen LogP contribution >= 0.6 is 11.6 Å². The Morgan fingerprint density at radius 3 is 2.33 bits per heavy atom. The molecular weight excluding hydrogens is 274 g/mol. The van der Waals surface area contributed by atoms with E-state index in [1.54, 1.807) is 38.4 Å². The minimum Gasteiger partial charge on any atom is -0.497 e. The molecule has 0 heterocycles. The van der Waals surface area contributed by atoms with Gasteiger partial charge in [0.2, 0.25) is 10.0 Å². The van der Waals surface area contributed by atoms with Gasteiger partial charge in [-0.3, -0.25) is 4.31 Å². The van der Waals surface area contributed by atoms with Crippen LogP contribution in [0.4, 0.5) is 5.69 Å². The van der Waals surface area contributed by atoms with Gasteiger partial charge in [0.15, 0.2) is 0 Å². The maximum Gasteiger partial charge on any atom is 0.234 e. The van der Waals surface area contributed by atoms with Crippen LogP contribution in [0.15, 0.2) is 24.3 Å². The summed E-state index contributed by atoms with van der Waals surface area (Å²) in [4.78, 5) is 0. The molecule has 102 valence electrons. The van der Waals surface area contributed by atoms with Crippen LogP contribution in [0.5, 0.6) is 5.75 Å². The summed E-state index contributed by atoms with van der Waals surface area (Å²) in [6.07, 6.45) is 1.28. The van der Waals surface area contributed by atoms with E-state index in [-0.39, 0.29) is 5.75 Å². The van der Waals surface area contributed by atoms with Crippen LogP contribution < -0.4 is 9.04 Å². The summed E-state index contributed by atoms with van der Waals surface area (Å²) in [5.41, 5.74) is 0.627. The number of benzene rings is 1. The molecule has 0 spiro atoms. The molecule has 0 unspecified atom stereocenters. The van der Waals surface area contributed by atoms with Crippen molar-refractivity contribution in [2.45, 2.75) is 12.8 Å². The number of sulfonamides is 1. The van der Waals surface area contributed by atoms with E-state index in [1.807, 2.05) is 0 Å². The molecule has 0 bridgehead atoms. The topological polar surface area (TPSA) is 46.6 Å². The molecule has 0 saturated carbocycles. The maximum absolute atomic E-state index is 12.0. The molecule has 1 aromatic rings. The predicted octanol–water partition coefficient (Wildman–Crippen LogP) is 2.48. The van der Waals surface area contributed by atoms with Crippen LogP contribution in [0, 0.1) is 0 Å². The first-order valence-corrected chi connectivity index (χ1v) is 7.82. The highest BCUT2D eigenvalue weighted by Gasteiger charge is 2.17. The molecule has 0 aliphatic heterocycles. The molecule has 0 radical (unpaired) electrons. The average molecular weight is 292 g/mol. The molecule has 18 heavy (non-hydrogen) atoms. The van der Waals surface area contributed by atoms with Gasteiger partial charge in [-0.05, 0) is 37.1 Å². The van der Waals surface area contributed by atoms with Crippen molar-refractivity contribution in [1.82, 2.24) is 0 Å². The number of nitrogens with zero attached hydrogens (tertiary/aromatic N) is 1. The van der Waals surface area contributed by atoms with Crippen molar-refractivity contribution < 1.29 is 13.2 Å². The van der Waals surface area contributed by atoms with Gasteiger partial charge < -0.3 is 4.74 Å². The second-order valence-electron chi connectivity index (χ2n) is 3.88. The first-order chi connectivity index (χ1) is 8.51. The van der Waals surface area contributed by atoms with E-state index >= 15 is 0 Å². The van der Waals surface area contributed by atoms with Crippen LogP contribution in [-0.2, 0) is 10.0 Å². The summed E-state index contributed by atoms with van der Waals surface area (Å²) >= 11 is 5.54. The summed E-state index contributed by atoms with van der Waals surface area (Å²) in [5.74, 6) is 1.30. The Balaban J connectivity index is 2.75. The van der Waals surface area contributed by atoms with E-state index in [1.165, 1.54) is 4.31 Å². The third kappa shape index (κ3) is 4.07. The fourth-order valence-electron chi connectivity index (χ4n) is 1.47. The van der Waals surface area contributed by atoms with Gasteiger partial charge in [-0.1, -0.05) is 0 Å².